The fraction of sp³-hybridized carbons (Fsp3) is 0.333. The first-order valence-electron chi connectivity index (χ1n) is 9.03. The van der Waals surface area contributed by atoms with Crippen molar-refractivity contribution in [2.45, 2.75) is 19.3 Å². The molecule has 0 spiro atoms. The molecule has 0 heterocycles. The molecule has 1 aliphatic carbocycles. The number of fused-ring (bicyclic) bond motifs is 1. The zero-order valence-corrected chi connectivity index (χ0v) is 14.7. The van der Waals surface area contributed by atoms with E-state index in [0.29, 0.717) is 25.8 Å². The van der Waals surface area contributed by atoms with Gasteiger partial charge in [-0.1, -0.05) is 48.6 Å². The molecule has 136 valence electrons. The van der Waals surface area contributed by atoms with E-state index in [2.05, 4.69) is 10.6 Å². The normalized spacial score (nSPS) is 19.3. The molecular formula is C21H24N2O3. The van der Waals surface area contributed by atoms with Crippen LogP contribution in [0.1, 0.15) is 19.3 Å². The molecular weight excluding hydrogens is 328 g/mol. The van der Waals surface area contributed by atoms with Crippen molar-refractivity contribution in [3.05, 3.63) is 54.6 Å². The standard InChI is InChI=1S/C21H24N2O3/c24-14-6-13-22-20(25)17-10-3-4-11-18(17)21(26)23-19-12-5-8-15-7-1-2-9-16(15)19/h1-5,7-9,12,17-18,24H,6,10-11,13-14H2,(H,22,25)(H,23,26)/t17-,18+/m0/s1. The summed E-state index contributed by atoms with van der Waals surface area (Å²) in [4.78, 5) is 25.3. The van der Waals surface area contributed by atoms with Gasteiger partial charge in [-0.2, -0.15) is 0 Å². The van der Waals surface area contributed by atoms with Crippen molar-refractivity contribution in [3.8, 4) is 0 Å². The van der Waals surface area contributed by atoms with Crippen molar-refractivity contribution in [2.75, 3.05) is 18.5 Å². The van der Waals surface area contributed by atoms with Crippen LogP contribution in [0.3, 0.4) is 0 Å². The van der Waals surface area contributed by atoms with Crippen LogP contribution in [0.25, 0.3) is 10.8 Å². The number of hydrogen-bond acceptors (Lipinski definition) is 3. The summed E-state index contributed by atoms with van der Waals surface area (Å²) in [5.41, 5.74) is 0.766. The van der Waals surface area contributed by atoms with Crippen molar-refractivity contribution in [3.63, 3.8) is 0 Å². The lowest BCUT2D eigenvalue weighted by Crippen LogP contribution is -2.41. The van der Waals surface area contributed by atoms with E-state index in [-0.39, 0.29) is 24.3 Å². The average molecular weight is 352 g/mol. The summed E-state index contributed by atoms with van der Waals surface area (Å²) >= 11 is 0. The van der Waals surface area contributed by atoms with Gasteiger partial charge in [0, 0.05) is 24.2 Å². The molecule has 0 aromatic heterocycles. The lowest BCUT2D eigenvalue weighted by atomic mass is 9.81. The number of amides is 2. The molecule has 0 saturated heterocycles. The van der Waals surface area contributed by atoms with Crippen molar-refractivity contribution >= 4 is 28.3 Å². The molecule has 0 aliphatic heterocycles. The Bertz CT molecular complexity index is 811. The number of carbonyl (C=O) groups excluding carboxylic acids is 2. The summed E-state index contributed by atoms with van der Waals surface area (Å²) in [6, 6.07) is 13.7. The number of benzene rings is 2. The van der Waals surface area contributed by atoms with E-state index in [1.807, 2.05) is 54.6 Å². The largest absolute Gasteiger partial charge is 0.396 e. The highest BCUT2D eigenvalue weighted by atomic mass is 16.3. The second kappa shape index (κ2) is 8.63. The lowest BCUT2D eigenvalue weighted by Gasteiger charge is -2.27. The number of nitrogens with one attached hydrogen (secondary N) is 2. The molecule has 2 amide bonds. The van der Waals surface area contributed by atoms with Crippen LogP contribution in [0, 0.1) is 11.8 Å². The fourth-order valence-corrected chi connectivity index (χ4v) is 3.38. The second-order valence-electron chi connectivity index (χ2n) is 6.54. The molecule has 0 fully saturated rings. The van der Waals surface area contributed by atoms with E-state index in [9.17, 15) is 9.59 Å². The average Bonchev–Trinajstić information content (AvgIpc) is 2.68. The Kier molecular flexibility index (Phi) is 6.02. The Morgan fingerprint density at radius 2 is 1.65 bits per heavy atom. The molecule has 0 radical (unpaired) electrons. The van der Waals surface area contributed by atoms with Gasteiger partial charge in [0.15, 0.2) is 0 Å². The Morgan fingerprint density at radius 1 is 0.962 bits per heavy atom. The number of carbonyl (C=O) groups is 2. The predicted molar refractivity (Wildman–Crippen MR) is 103 cm³/mol. The highest BCUT2D eigenvalue weighted by molar-refractivity contribution is 6.04. The van der Waals surface area contributed by atoms with Gasteiger partial charge in [-0.15, -0.1) is 0 Å². The highest BCUT2D eigenvalue weighted by Gasteiger charge is 2.34. The topological polar surface area (TPSA) is 78.4 Å². The molecule has 0 unspecified atom stereocenters. The third-order valence-corrected chi connectivity index (χ3v) is 4.79. The van der Waals surface area contributed by atoms with Crippen molar-refractivity contribution in [1.82, 2.24) is 5.32 Å². The van der Waals surface area contributed by atoms with Crippen LogP contribution in [0.4, 0.5) is 5.69 Å². The zero-order valence-electron chi connectivity index (χ0n) is 14.7. The van der Waals surface area contributed by atoms with Crippen LogP contribution in [-0.4, -0.2) is 30.1 Å². The molecule has 3 rings (SSSR count). The lowest BCUT2D eigenvalue weighted by molar-refractivity contribution is -0.132. The number of hydrogen-bond donors (Lipinski definition) is 3. The number of allylic oxidation sites excluding steroid dienone is 2. The van der Waals surface area contributed by atoms with E-state index in [4.69, 9.17) is 5.11 Å². The molecule has 0 saturated carbocycles. The molecule has 0 bridgehead atoms. The van der Waals surface area contributed by atoms with E-state index in [0.717, 1.165) is 16.5 Å². The number of rotatable bonds is 6. The SMILES string of the molecule is O=C(NCCCO)[C@H]1CC=CC[C@H]1C(=O)Nc1cccc2ccccc12. The Morgan fingerprint density at radius 3 is 2.42 bits per heavy atom. The number of aliphatic hydroxyl groups is 1. The summed E-state index contributed by atoms with van der Waals surface area (Å²) in [5.74, 6) is -1.03. The van der Waals surface area contributed by atoms with Gasteiger partial charge >= 0.3 is 0 Å². The summed E-state index contributed by atoms with van der Waals surface area (Å²) in [5, 5.41) is 16.7. The third-order valence-electron chi connectivity index (χ3n) is 4.79. The Balaban J connectivity index is 1.74. The molecule has 5 nitrogen and oxygen atoms in total. The van der Waals surface area contributed by atoms with Crippen LogP contribution >= 0.6 is 0 Å². The molecule has 5 heteroatoms. The van der Waals surface area contributed by atoms with Crippen molar-refractivity contribution in [1.29, 1.82) is 0 Å². The quantitative estimate of drug-likeness (QED) is 0.552. The minimum absolute atomic E-state index is 0.0375. The minimum Gasteiger partial charge on any atom is -0.396 e. The van der Waals surface area contributed by atoms with Gasteiger partial charge in [0.2, 0.25) is 11.8 Å². The van der Waals surface area contributed by atoms with Crippen LogP contribution in [0.5, 0.6) is 0 Å². The molecule has 2 aromatic rings. The van der Waals surface area contributed by atoms with Crippen LogP contribution in [0.2, 0.25) is 0 Å². The van der Waals surface area contributed by atoms with Gasteiger partial charge < -0.3 is 15.7 Å². The van der Waals surface area contributed by atoms with E-state index in [1.165, 1.54) is 0 Å². The van der Waals surface area contributed by atoms with Gasteiger partial charge in [-0.3, -0.25) is 9.59 Å². The van der Waals surface area contributed by atoms with Crippen molar-refractivity contribution in [2.24, 2.45) is 11.8 Å². The Hall–Kier alpha value is -2.66. The molecule has 26 heavy (non-hydrogen) atoms. The van der Waals surface area contributed by atoms with E-state index in [1.54, 1.807) is 0 Å². The highest BCUT2D eigenvalue weighted by Crippen LogP contribution is 2.29. The van der Waals surface area contributed by atoms with Crippen LogP contribution < -0.4 is 10.6 Å². The zero-order chi connectivity index (χ0) is 18.4. The van der Waals surface area contributed by atoms with Gasteiger partial charge in [0.05, 0.1) is 11.8 Å². The summed E-state index contributed by atoms with van der Waals surface area (Å²) in [7, 11) is 0. The number of anilines is 1. The monoisotopic (exact) mass is 352 g/mol. The van der Waals surface area contributed by atoms with Gasteiger partial charge in [-0.05, 0) is 30.7 Å². The van der Waals surface area contributed by atoms with Gasteiger partial charge in [0.25, 0.3) is 0 Å². The van der Waals surface area contributed by atoms with Crippen LogP contribution in [-0.2, 0) is 9.59 Å². The minimum atomic E-state index is -0.395. The smallest absolute Gasteiger partial charge is 0.228 e. The maximum Gasteiger partial charge on any atom is 0.228 e. The van der Waals surface area contributed by atoms with Gasteiger partial charge in [0.1, 0.15) is 0 Å². The first-order valence-corrected chi connectivity index (χ1v) is 9.03. The maximum atomic E-state index is 12.9. The second-order valence-corrected chi connectivity index (χ2v) is 6.54. The Labute approximate surface area is 153 Å². The fourth-order valence-electron chi connectivity index (χ4n) is 3.38. The van der Waals surface area contributed by atoms with Gasteiger partial charge in [-0.25, -0.2) is 0 Å². The predicted octanol–water partition coefficient (Wildman–Crippen LogP) is 2.86. The summed E-state index contributed by atoms with van der Waals surface area (Å²) < 4.78 is 0. The number of aliphatic hydroxyl groups excluding tert-OH is 1. The first kappa shape index (κ1) is 18.1. The van der Waals surface area contributed by atoms with E-state index < -0.39 is 5.92 Å². The molecule has 3 N–H and O–H groups in total. The van der Waals surface area contributed by atoms with Crippen LogP contribution in [0.15, 0.2) is 54.6 Å². The summed E-state index contributed by atoms with van der Waals surface area (Å²) in [6.45, 7) is 0.461. The van der Waals surface area contributed by atoms with E-state index >= 15 is 0 Å². The molecule has 2 atom stereocenters. The van der Waals surface area contributed by atoms with Crippen molar-refractivity contribution < 1.29 is 14.7 Å². The summed E-state index contributed by atoms with van der Waals surface area (Å²) in [6.07, 6.45) is 5.54. The third kappa shape index (κ3) is 4.11. The molecule has 1 aliphatic rings. The maximum absolute atomic E-state index is 12.9. The molecule has 2 aromatic carbocycles. The first-order chi connectivity index (χ1) is 12.7.